The van der Waals surface area contributed by atoms with Gasteiger partial charge in [-0.3, -0.25) is 0 Å². The van der Waals surface area contributed by atoms with Gasteiger partial charge in [0, 0.05) is 0 Å². The number of aromatic carboxylic acids is 1. The maximum atomic E-state index is 11.3. The molecule has 0 unspecified atom stereocenters. The topological polar surface area (TPSA) is 50.2 Å². The fourth-order valence-electron chi connectivity index (χ4n) is 2.71. The zero-order valence-electron chi connectivity index (χ0n) is 11.5. The molecule has 0 aliphatic heterocycles. The first-order valence-electron chi connectivity index (χ1n) is 6.36. The molecule has 0 aromatic carbocycles. The van der Waals surface area contributed by atoms with Gasteiger partial charge >= 0.3 is 116 Å². The Labute approximate surface area is 115 Å². The number of carboxylic acids is 1. The van der Waals surface area contributed by atoms with Gasteiger partial charge in [-0.15, -0.1) is 0 Å². The third-order valence-corrected chi connectivity index (χ3v) is 7.64. The van der Waals surface area contributed by atoms with E-state index >= 15 is 0 Å². The Morgan fingerprint density at radius 2 is 2.06 bits per heavy atom. The molecule has 0 atom stereocenters. The summed E-state index contributed by atoms with van der Waals surface area (Å²) in [5.74, 6) is -0.831. The van der Waals surface area contributed by atoms with Crippen LogP contribution in [0.15, 0.2) is 6.20 Å². The van der Waals surface area contributed by atoms with E-state index in [4.69, 9.17) is 0 Å². The molecule has 2 rings (SSSR count). The number of pyridine rings is 1. The number of hydrogen-bond donors (Lipinski definition) is 1. The number of nitrogens with zero attached hydrogens (tertiary/aromatic N) is 1. The Morgan fingerprint density at radius 1 is 1.39 bits per heavy atom. The van der Waals surface area contributed by atoms with E-state index in [9.17, 15) is 9.90 Å². The van der Waals surface area contributed by atoms with Crippen molar-refractivity contribution in [2.24, 2.45) is 5.41 Å². The Hall–Kier alpha value is -0.581. The van der Waals surface area contributed by atoms with Crippen molar-refractivity contribution in [3.05, 3.63) is 22.9 Å². The van der Waals surface area contributed by atoms with Gasteiger partial charge in [-0.05, 0) is 0 Å². The second kappa shape index (κ2) is 4.83. The Balaban J connectivity index is 2.60. The van der Waals surface area contributed by atoms with Crippen LogP contribution in [0.4, 0.5) is 0 Å². The molecule has 0 spiro atoms. The molecule has 1 aromatic heterocycles. The Bertz CT molecular complexity index is 495. The van der Waals surface area contributed by atoms with Gasteiger partial charge in [0.05, 0.1) is 0 Å². The molecule has 1 N–H and O–H groups in total. The summed E-state index contributed by atoms with van der Waals surface area (Å²) < 4.78 is 1.27. The van der Waals surface area contributed by atoms with Crippen molar-refractivity contribution in [3.63, 3.8) is 0 Å². The van der Waals surface area contributed by atoms with Crippen molar-refractivity contribution in [1.29, 1.82) is 0 Å². The van der Waals surface area contributed by atoms with Crippen LogP contribution in [0.2, 0.25) is 9.88 Å². The van der Waals surface area contributed by atoms with Gasteiger partial charge in [-0.1, -0.05) is 0 Å². The Morgan fingerprint density at radius 3 is 2.61 bits per heavy atom. The average molecular weight is 353 g/mol. The molecule has 0 saturated carbocycles. The van der Waals surface area contributed by atoms with Gasteiger partial charge < -0.3 is 0 Å². The number of rotatable bonds is 2. The molecule has 0 bridgehead atoms. The summed E-state index contributed by atoms with van der Waals surface area (Å²) in [6.07, 6.45) is 4.52. The third-order valence-electron chi connectivity index (χ3n) is 3.71. The van der Waals surface area contributed by atoms with E-state index in [1.807, 2.05) is 0 Å². The van der Waals surface area contributed by atoms with Gasteiger partial charge in [0.2, 0.25) is 0 Å². The van der Waals surface area contributed by atoms with Gasteiger partial charge in [0.15, 0.2) is 0 Å². The van der Waals surface area contributed by atoms with Crippen LogP contribution in [0.3, 0.4) is 0 Å². The SMILES string of the molecule is [CH3][Sn]([CH3])[c]1ncc(C(=O)O)c2c1CC(C)(C)CC2. The van der Waals surface area contributed by atoms with E-state index in [-0.39, 0.29) is 5.41 Å². The van der Waals surface area contributed by atoms with E-state index in [0.29, 0.717) is 5.56 Å². The van der Waals surface area contributed by atoms with Gasteiger partial charge in [0.25, 0.3) is 0 Å². The number of hydrogen-bond acceptors (Lipinski definition) is 2. The zero-order valence-corrected chi connectivity index (χ0v) is 14.4. The van der Waals surface area contributed by atoms with Crippen molar-refractivity contribution < 1.29 is 9.90 Å². The van der Waals surface area contributed by atoms with E-state index in [1.165, 1.54) is 9.27 Å². The first kappa shape index (κ1) is 13.8. The second-order valence-electron chi connectivity index (χ2n) is 6.12. The molecule has 0 fully saturated rings. The van der Waals surface area contributed by atoms with Crippen molar-refractivity contribution in [2.75, 3.05) is 0 Å². The van der Waals surface area contributed by atoms with Crippen LogP contribution in [0.25, 0.3) is 0 Å². The van der Waals surface area contributed by atoms with E-state index in [1.54, 1.807) is 6.20 Å². The molecule has 1 aliphatic rings. The molecule has 1 aliphatic carbocycles. The third kappa shape index (κ3) is 2.56. The van der Waals surface area contributed by atoms with Gasteiger partial charge in [-0.2, -0.15) is 0 Å². The van der Waals surface area contributed by atoms with Crippen LogP contribution in [0.5, 0.6) is 0 Å². The van der Waals surface area contributed by atoms with Crippen molar-refractivity contribution in [3.8, 4) is 0 Å². The summed E-state index contributed by atoms with van der Waals surface area (Å²) in [5.41, 5.74) is 3.03. The quantitative estimate of drug-likeness (QED) is 0.830. The van der Waals surface area contributed by atoms with Crippen LogP contribution >= 0.6 is 0 Å². The van der Waals surface area contributed by atoms with E-state index in [0.717, 1.165) is 24.8 Å². The minimum absolute atomic E-state index is 0.277. The summed E-state index contributed by atoms with van der Waals surface area (Å²) in [4.78, 5) is 20.4. The van der Waals surface area contributed by atoms with Crippen molar-refractivity contribution in [1.82, 2.24) is 4.98 Å². The molecular formula is C14H20NO2Sn. The summed E-state index contributed by atoms with van der Waals surface area (Å²) in [6, 6.07) is 0. The first-order chi connectivity index (χ1) is 8.32. The van der Waals surface area contributed by atoms with Crippen molar-refractivity contribution >= 4 is 29.4 Å². The molecule has 3 nitrogen and oxygen atoms in total. The van der Waals surface area contributed by atoms with Crippen LogP contribution in [-0.2, 0) is 12.8 Å². The summed E-state index contributed by atoms with van der Waals surface area (Å²) in [5, 5.41) is 9.28. The molecule has 1 heterocycles. The number of fused-ring (bicyclic) bond motifs is 1. The molecule has 0 amide bonds. The van der Waals surface area contributed by atoms with Gasteiger partial charge in [-0.25, -0.2) is 0 Å². The molecule has 0 saturated heterocycles. The fourth-order valence-corrected chi connectivity index (χ4v) is 6.04. The van der Waals surface area contributed by atoms with E-state index < -0.39 is 25.7 Å². The van der Waals surface area contributed by atoms with Crippen molar-refractivity contribution in [2.45, 2.75) is 43.0 Å². The van der Waals surface area contributed by atoms with Gasteiger partial charge in [0.1, 0.15) is 0 Å². The van der Waals surface area contributed by atoms with Crippen LogP contribution in [0.1, 0.15) is 41.8 Å². The second-order valence-corrected chi connectivity index (χ2v) is 13.2. The molecule has 97 valence electrons. The summed E-state index contributed by atoms with van der Waals surface area (Å²) in [6.45, 7) is 4.53. The number of aromatic nitrogens is 1. The van der Waals surface area contributed by atoms with Crippen LogP contribution in [0, 0.1) is 5.41 Å². The Kier molecular flexibility index (Phi) is 3.72. The predicted octanol–water partition coefficient (Wildman–Crippen LogP) is 2.26. The molecule has 1 aromatic rings. The molecule has 4 heteroatoms. The summed E-state index contributed by atoms with van der Waals surface area (Å²) >= 11 is -1.57. The minimum atomic E-state index is -1.57. The maximum absolute atomic E-state index is 11.3. The zero-order chi connectivity index (χ0) is 13.5. The number of carbonyl (C=O) groups is 1. The van der Waals surface area contributed by atoms with E-state index in [2.05, 4.69) is 28.7 Å². The molecular weight excluding hydrogens is 333 g/mol. The van der Waals surface area contributed by atoms with Crippen LogP contribution < -0.4 is 3.71 Å². The standard InChI is InChI=1S/C12H14NO2.2CH3.Sn/c1-12(2)4-3-9-8(5-12)6-13-7-10(9)11(14)15;;;/h7H,3-5H2,1-2H3,(H,14,15);2*1H3;. The molecule has 18 heavy (non-hydrogen) atoms. The monoisotopic (exact) mass is 354 g/mol. The fraction of sp³-hybridized carbons (Fsp3) is 0.571. The number of carboxylic acid groups (broad SMARTS) is 1. The summed E-state index contributed by atoms with van der Waals surface area (Å²) in [7, 11) is 0. The average Bonchev–Trinajstić information content (AvgIpc) is 2.25. The predicted molar refractivity (Wildman–Crippen MR) is 74.1 cm³/mol. The normalized spacial score (nSPS) is 17.6. The van der Waals surface area contributed by atoms with Crippen LogP contribution in [-0.4, -0.2) is 35.8 Å². The molecule has 1 radical (unpaired) electrons. The first-order valence-corrected chi connectivity index (χ1v) is 13.5.